The fourth-order valence-corrected chi connectivity index (χ4v) is 2.07. The van der Waals surface area contributed by atoms with Crippen LogP contribution in [0.4, 0.5) is 0 Å². The number of hydrogen-bond donors (Lipinski definition) is 0. The lowest BCUT2D eigenvalue weighted by atomic mass is 10.0. The summed E-state index contributed by atoms with van der Waals surface area (Å²) in [7, 11) is 0. The third kappa shape index (κ3) is 2.81. The molecule has 0 unspecified atom stereocenters. The largest absolute Gasteiger partial charge is 0.265 e. The fraction of sp³-hybridized carbons (Fsp3) is 0. The first kappa shape index (κ1) is 12.3. The van der Waals surface area contributed by atoms with Gasteiger partial charge in [0.05, 0.1) is 5.69 Å². The van der Waals surface area contributed by atoms with Gasteiger partial charge in [-0.1, -0.05) is 42.5 Å². The maximum Gasteiger partial charge on any atom is 0.0708 e. The van der Waals surface area contributed by atoms with E-state index in [9.17, 15) is 0 Å². The minimum Gasteiger partial charge on any atom is -0.265 e. The van der Waals surface area contributed by atoms with E-state index in [-0.39, 0.29) is 0 Å². The van der Waals surface area contributed by atoms with Crippen molar-refractivity contribution in [2.45, 2.75) is 0 Å². The number of nitrogens with zero attached hydrogens (tertiary/aromatic N) is 2. The highest BCUT2D eigenvalue weighted by Gasteiger charge is 2.02. The van der Waals surface area contributed by atoms with Crippen LogP contribution >= 0.6 is 0 Å². The van der Waals surface area contributed by atoms with E-state index < -0.39 is 0 Å². The quantitative estimate of drug-likeness (QED) is 0.699. The van der Waals surface area contributed by atoms with Gasteiger partial charge in [0.1, 0.15) is 0 Å². The predicted octanol–water partition coefficient (Wildman–Crippen LogP) is 4.31. The normalized spacial score (nSPS) is 10.8. The molecule has 0 N–H and O–H groups in total. The first-order valence-electron chi connectivity index (χ1n) is 6.52. The van der Waals surface area contributed by atoms with Gasteiger partial charge in [-0.3, -0.25) is 9.97 Å². The molecule has 0 bridgehead atoms. The topological polar surface area (TPSA) is 25.8 Å². The van der Waals surface area contributed by atoms with E-state index >= 15 is 0 Å². The Kier molecular flexibility index (Phi) is 3.65. The van der Waals surface area contributed by atoms with Crippen LogP contribution < -0.4 is 0 Å². The summed E-state index contributed by atoms with van der Waals surface area (Å²) in [5.74, 6) is 0. The van der Waals surface area contributed by atoms with E-state index in [1.54, 1.807) is 12.4 Å². The molecule has 2 aromatic heterocycles. The van der Waals surface area contributed by atoms with E-state index in [1.807, 2.05) is 48.7 Å². The minimum absolute atomic E-state index is 0.961. The summed E-state index contributed by atoms with van der Waals surface area (Å²) in [6.07, 6.45) is 9.54. The standard InChI is InChI=1S/C18H14N2/c1-2-5-15(6-3-1)8-9-18-17(7-4-12-20-18)16-10-13-19-14-11-16/h1-14H/b9-8+. The van der Waals surface area contributed by atoms with E-state index in [2.05, 4.69) is 34.2 Å². The summed E-state index contributed by atoms with van der Waals surface area (Å²) in [6.45, 7) is 0. The van der Waals surface area contributed by atoms with Crippen LogP contribution in [0.3, 0.4) is 0 Å². The number of aromatic nitrogens is 2. The van der Waals surface area contributed by atoms with Crippen molar-refractivity contribution in [2.75, 3.05) is 0 Å². The highest BCUT2D eigenvalue weighted by molar-refractivity contribution is 5.78. The summed E-state index contributed by atoms with van der Waals surface area (Å²) >= 11 is 0. The van der Waals surface area contributed by atoms with Gasteiger partial charge in [-0.15, -0.1) is 0 Å². The first-order chi connectivity index (χ1) is 9.93. The molecule has 0 spiro atoms. The summed E-state index contributed by atoms with van der Waals surface area (Å²) in [5, 5.41) is 0. The highest BCUT2D eigenvalue weighted by atomic mass is 14.7. The number of rotatable bonds is 3. The van der Waals surface area contributed by atoms with E-state index in [1.165, 1.54) is 5.56 Å². The zero-order valence-corrected chi connectivity index (χ0v) is 11.0. The minimum atomic E-state index is 0.961. The van der Waals surface area contributed by atoms with Crippen molar-refractivity contribution in [3.63, 3.8) is 0 Å². The van der Waals surface area contributed by atoms with Gasteiger partial charge in [-0.25, -0.2) is 0 Å². The lowest BCUT2D eigenvalue weighted by molar-refractivity contribution is 1.28. The zero-order valence-electron chi connectivity index (χ0n) is 11.0. The van der Waals surface area contributed by atoms with Crippen LogP contribution in [0.2, 0.25) is 0 Å². The van der Waals surface area contributed by atoms with Crippen LogP contribution in [0.25, 0.3) is 23.3 Å². The molecule has 2 heterocycles. The predicted molar refractivity (Wildman–Crippen MR) is 82.8 cm³/mol. The molecule has 0 aliphatic carbocycles. The van der Waals surface area contributed by atoms with Crippen LogP contribution in [-0.2, 0) is 0 Å². The van der Waals surface area contributed by atoms with Crippen molar-refractivity contribution in [3.05, 3.63) is 84.4 Å². The van der Waals surface area contributed by atoms with Crippen molar-refractivity contribution in [3.8, 4) is 11.1 Å². The molecule has 0 saturated carbocycles. The fourth-order valence-electron chi connectivity index (χ4n) is 2.07. The Balaban J connectivity index is 1.97. The smallest absolute Gasteiger partial charge is 0.0708 e. The Bertz CT molecular complexity index is 704. The second-order valence-electron chi connectivity index (χ2n) is 4.42. The Hall–Kier alpha value is -2.74. The number of pyridine rings is 2. The third-order valence-electron chi connectivity index (χ3n) is 3.06. The maximum absolute atomic E-state index is 4.46. The highest BCUT2D eigenvalue weighted by Crippen LogP contribution is 2.22. The van der Waals surface area contributed by atoms with Gasteiger partial charge in [0.15, 0.2) is 0 Å². The van der Waals surface area contributed by atoms with Crippen LogP contribution in [0.5, 0.6) is 0 Å². The Morgan fingerprint density at radius 1 is 0.700 bits per heavy atom. The van der Waals surface area contributed by atoms with Gasteiger partial charge in [0.2, 0.25) is 0 Å². The van der Waals surface area contributed by atoms with Gasteiger partial charge >= 0.3 is 0 Å². The average Bonchev–Trinajstić information content (AvgIpc) is 2.55. The van der Waals surface area contributed by atoms with Crippen molar-refractivity contribution in [1.82, 2.24) is 9.97 Å². The molecule has 0 fully saturated rings. The molecule has 0 atom stereocenters. The molecule has 96 valence electrons. The second-order valence-corrected chi connectivity index (χ2v) is 4.42. The Labute approximate surface area is 118 Å². The summed E-state index contributed by atoms with van der Waals surface area (Å²) in [5.41, 5.74) is 4.37. The molecule has 0 aliphatic heterocycles. The van der Waals surface area contributed by atoms with E-state index in [0.29, 0.717) is 0 Å². The molecule has 0 saturated heterocycles. The van der Waals surface area contributed by atoms with Crippen molar-refractivity contribution >= 4 is 12.2 Å². The molecule has 0 amide bonds. The van der Waals surface area contributed by atoms with Gasteiger partial charge in [0.25, 0.3) is 0 Å². The Morgan fingerprint density at radius 3 is 2.30 bits per heavy atom. The van der Waals surface area contributed by atoms with Crippen LogP contribution in [0.15, 0.2) is 73.2 Å². The summed E-state index contributed by atoms with van der Waals surface area (Å²) in [4.78, 5) is 8.52. The van der Waals surface area contributed by atoms with Gasteiger partial charge in [0, 0.05) is 24.2 Å². The van der Waals surface area contributed by atoms with Gasteiger partial charge in [-0.05, 0) is 35.4 Å². The number of benzene rings is 1. The first-order valence-corrected chi connectivity index (χ1v) is 6.52. The number of hydrogen-bond acceptors (Lipinski definition) is 2. The molecule has 0 aliphatic rings. The molecule has 0 radical (unpaired) electrons. The van der Waals surface area contributed by atoms with Gasteiger partial charge < -0.3 is 0 Å². The lowest BCUT2D eigenvalue weighted by Crippen LogP contribution is -1.87. The SMILES string of the molecule is C(=C\c1ncccc1-c1ccncc1)/c1ccccc1. The molecular formula is C18H14N2. The molecule has 3 aromatic rings. The maximum atomic E-state index is 4.46. The summed E-state index contributed by atoms with van der Waals surface area (Å²) < 4.78 is 0. The van der Waals surface area contributed by atoms with Crippen LogP contribution in [-0.4, -0.2) is 9.97 Å². The van der Waals surface area contributed by atoms with Gasteiger partial charge in [-0.2, -0.15) is 0 Å². The molecule has 3 rings (SSSR count). The van der Waals surface area contributed by atoms with E-state index in [4.69, 9.17) is 0 Å². The van der Waals surface area contributed by atoms with Crippen LogP contribution in [0.1, 0.15) is 11.3 Å². The second kappa shape index (κ2) is 5.93. The average molecular weight is 258 g/mol. The lowest BCUT2D eigenvalue weighted by Gasteiger charge is -2.04. The molecular weight excluding hydrogens is 244 g/mol. The molecule has 2 heteroatoms. The summed E-state index contributed by atoms with van der Waals surface area (Å²) in [6, 6.07) is 18.2. The van der Waals surface area contributed by atoms with Crippen molar-refractivity contribution in [2.24, 2.45) is 0 Å². The van der Waals surface area contributed by atoms with Crippen molar-refractivity contribution < 1.29 is 0 Å². The Morgan fingerprint density at radius 2 is 1.50 bits per heavy atom. The molecule has 1 aromatic carbocycles. The molecule has 20 heavy (non-hydrogen) atoms. The van der Waals surface area contributed by atoms with E-state index in [0.717, 1.165) is 16.8 Å². The van der Waals surface area contributed by atoms with Crippen LogP contribution in [0, 0.1) is 0 Å². The third-order valence-corrected chi connectivity index (χ3v) is 3.06. The zero-order chi connectivity index (χ0) is 13.6. The molecule has 2 nitrogen and oxygen atoms in total. The monoisotopic (exact) mass is 258 g/mol. The van der Waals surface area contributed by atoms with Crippen molar-refractivity contribution in [1.29, 1.82) is 0 Å².